The fourth-order valence-electron chi connectivity index (χ4n) is 2.49. The van der Waals surface area contributed by atoms with E-state index in [1.165, 1.54) is 11.1 Å². The fourth-order valence-corrected chi connectivity index (χ4v) is 3.51. The predicted octanol–water partition coefficient (Wildman–Crippen LogP) is 1.97. The normalized spacial score (nSPS) is 17.3. The molecule has 1 fully saturated rings. The lowest BCUT2D eigenvalue weighted by Gasteiger charge is -2.34. The summed E-state index contributed by atoms with van der Waals surface area (Å²) in [6.07, 6.45) is 1.54. The van der Waals surface area contributed by atoms with Crippen molar-refractivity contribution >= 4 is 28.6 Å². The van der Waals surface area contributed by atoms with E-state index in [0.29, 0.717) is 12.2 Å². The molecule has 2 aromatic rings. The van der Waals surface area contributed by atoms with Crippen LogP contribution < -0.4 is 10.9 Å². The van der Waals surface area contributed by atoms with Crippen molar-refractivity contribution in [3.05, 3.63) is 44.0 Å². The first-order chi connectivity index (χ1) is 10.8. The molecule has 2 N–H and O–H groups in total. The van der Waals surface area contributed by atoms with Gasteiger partial charge >= 0.3 is 0 Å². The molecule has 0 amide bonds. The standard InChI is InChI=1S/C14H17ClN4O2S/c15-13-10(8-17-18-14(13)20)16-9-11(12-2-1-7-22-12)19-3-5-21-6-4-19/h1-2,7-8,11H,3-6,9H2,(H2,16,18,20). The molecule has 0 bridgehead atoms. The molecule has 22 heavy (non-hydrogen) atoms. The monoisotopic (exact) mass is 340 g/mol. The summed E-state index contributed by atoms with van der Waals surface area (Å²) in [6, 6.07) is 4.40. The first-order valence-electron chi connectivity index (χ1n) is 7.08. The Morgan fingerprint density at radius 2 is 2.32 bits per heavy atom. The maximum atomic E-state index is 11.5. The second-order valence-electron chi connectivity index (χ2n) is 4.99. The highest BCUT2D eigenvalue weighted by Gasteiger charge is 2.23. The van der Waals surface area contributed by atoms with Crippen LogP contribution in [0.25, 0.3) is 0 Å². The third kappa shape index (κ3) is 3.49. The van der Waals surface area contributed by atoms with E-state index < -0.39 is 0 Å². The van der Waals surface area contributed by atoms with Crippen molar-refractivity contribution < 1.29 is 4.74 Å². The van der Waals surface area contributed by atoms with Crippen LogP contribution >= 0.6 is 22.9 Å². The zero-order chi connectivity index (χ0) is 15.4. The summed E-state index contributed by atoms with van der Waals surface area (Å²) in [4.78, 5) is 15.2. The lowest BCUT2D eigenvalue weighted by Crippen LogP contribution is -2.41. The summed E-state index contributed by atoms with van der Waals surface area (Å²) in [5.74, 6) is 0. The Balaban J connectivity index is 1.75. The van der Waals surface area contributed by atoms with Crippen molar-refractivity contribution in [3.8, 4) is 0 Å². The van der Waals surface area contributed by atoms with Gasteiger partial charge in [-0.1, -0.05) is 17.7 Å². The van der Waals surface area contributed by atoms with Gasteiger partial charge in [0.15, 0.2) is 0 Å². The second-order valence-corrected chi connectivity index (χ2v) is 6.34. The van der Waals surface area contributed by atoms with Crippen LogP contribution in [0.15, 0.2) is 28.5 Å². The largest absolute Gasteiger partial charge is 0.380 e. The number of H-pyrrole nitrogens is 1. The number of nitrogens with one attached hydrogen (secondary N) is 2. The van der Waals surface area contributed by atoms with E-state index in [1.54, 1.807) is 11.3 Å². The van der Waals surface area contributed by atoms with Gasteiger partial charge in [-0.3, -0.25) is 9.69 Å². The van der Waals surface area contributed by atoms with Gasteiger partial charge in [-0.15, -0.1) is 11.3 Å². The van der Waals surface area contributed by atoms with Gasteiger partial charge in [0.25, 0.3) is 5.56 Å². The van der Waals surface area contributed by atoms with Crippen LogP contribution in [-0.4, -0.2) is 47.9 Å². The molecule has 2 aromatic heterocycles. The number of rotatable bonds is 5. The average molecular weight is 341 g/mol. The van der Waals surface area contributed by atoms with E-state index in [4.69, 9.17) is 16.3 Å². The quantitative estimate of drug-likeness (QED) is 0.870. The number of hydrogen-bond acceptors (Lipinski definition) is 6. The summed E-state index contributed by atoms with van der Waals surface area (Å²) in [6.45, 7) is 3.94. The Labute approximate surface area is 137 Å². The van der Waals surface area contributed by atoms with E-state index in [2.05, 4.69) is 37.9 Å². The molecule has 1 unspecified atom stereocenters. The van der Waals surface area contributed by atoms with E-state index >= 15 is 0 Å². The minimum atomic E-state index is -0.384. The van der Waals surface area contributed by atoms with Crippen LogP contribution in [0.5, 0.6) is 0 Å². The molecule has 1 aliphatic heterocycles. The van der Waals surface area contributed by atoms with Gasteiger partial charge in [0, 0.05) is 24.5 Å². The number of halogens is 1. The Morgan fingerprint density at radius 1 is 1.50 bits per heavy atom. The number of aromatic nitrogens is 2. The number of thiophene rings is 1. The van der Waals surface area contributed by atoms with Crippen molar-refractivity contribution in [2.24, 2.45) is 0 Å². The molecule has 8 heteroatoms. The summed E-state index contributed by atoms with van der Waals surface area (Å²) in [5, 5.41) is 11.6. The second kappa shape index (κ2) is 7.23. The summed E-state index contributed by atoms with van der Waals surface area (Å²) in [5.41, 5.74) is 0.172. The van der Waals surface area contributed by atoms with Crippen LogP contribution in [0.4, 0.5) is 5.69 Å². The van der Waals surface area contributed by atoms with Crippen molar-refractivity contribution in [2.75, 3.05) is 38.2 Å². The van der Waals surface area contributed by atoms with E-state index in [0.717, 1.165) is 26.3 Å². The van der Waals surface area contributed by atoms with Crippen molar-refractivity contribution in [2.45, 2.75) is 6.04 Å². The molecule has 6 nitrogen and oxygen atoms in total. The van der Waals surface area contributed by atoms with Crippen LogP contribution in [-0.2, 0) is 4.74 Å². The first kappa shape index (κ1) is 15.5. The van der Waals surface area contributed by atoms with Crippen LogP contribution in [0.1, 0.15) is 10.9 Å². The predicted molar refractivity (Wildman–Crippen MR) is 87.8 cm³/mol. The molecule has 1 saturated heterocycles. The number of morpholine rings is 1. The lowest BCUT2D eigenvalue weighted by atomic mass is 10.2. The minimum Gasteiger partial charge on any atom is -0.380 e. The van der Waals surface area contributed by atoms with Crippen molar-refractivity contribution in [1.82, 2.24) is 15.1 Å². The highest BCUT2D eigenvalue weighted by atomic mass is 35.5. The Kier molecular flexibility index (Phi) is 5.09. The number of ether oxygens (including phenoxy) is 1. The molecule has 118 valence electrons. The van der Waals surface area contributed by atoms with Crippen molar-refractivity contribution in [1.29, 1.82) is 0 Å². The Bertz CT molecular complexity index is 655. The lowest BCUT2D eigenvalue weighted by molar-refractivity contribution is 0.0194. The zero-order valence-electron chi connectivity index (χ0n) is 11.9. The summed E-state index contributed by atoms with van der Waals surface area (Å²) < 4.78 is 5.43. The number of aromatic amines is 1. The maximum absolute atomic E-state index is 11.5. The molecule has 1 aliphatic rings. The molecule has 1 atom stereocenters. The minimum absolute atomic E-state index is 0.141. The molecule has 0 spiro atoms. The molecular formula is C14H17ClN4O2S. The topological polar surface area (TPSA) is 70.2 Å². The van der Waals surface area contributed by atoms with E-state index in [9.17, 15) is 4.79 Å². The molecule has 0 radical (unpaired) electrons. The number of anilines is 1. The van der Waals surface area contributed by atoms with Gasteiger partial charge < -0.3 is 10.1 Å². The average Bonchev–Trinajstić information content (AvgIpc) is 3.07. The molecule has 0 aliphatic carbocycles. The SMILES string of the molecule is O=c1[nH]ncc(NCC(c2cccs2)N2CCOCC2)c1Cl. The van der Waals surface area contributed by atoms with Gasteiger partial charge in [0.1, 0.15) is 5.02 Å². The highest BCUT2D eigenvalue weighted by Crippen LogP contribution is 2.27. The van der Waals surface area contributed by atoms with Crippen LogP contribution in [0.2, 0.25) is 5.02 Å². The summed E-state index contributed by atoms with van der Waals surface area (Å²) >= 11 is 7.74. The van der Waals surface area contributed by atoms with Crippen LogP contribution in [0, 0.1) is 0 Å². The molecule has 0 aromatic carbocycles. The van der Waals surface area contributed by atoms with E-state index in [1.807, 2.05) is 0 Å². The van der Waals surface area contributed by atoms with Gasteiger partial charge in [0.2, 0.25) is 0 Å². The maximum Gasteiger partial charge on any atom is 0.285 e. The third-order valence-electron chi connectivity index (χ3n) is 3.64. The van der Waals surface area contributed by atoms with Gasteiger partial charge in [0.05, 0.1) is 31.1 Å². The molecule has 0 saturated carbocycles. The molecular weight excluding hydrogens is 324 g/mol. The zero-order valence-corrected chi connectivity index (χ0v) is 13.5. The van der Waals surface area contributed by atoms with Crippen molar-refractivity contribution in [3.63, 3.8) is 0 Å². The molecule has 3 rings (SSSR count). The summed E-state index contributed by atoms with van der Waals surface area (Å²) in [7, 11) is 0. The van der Waals surface area contributed by atoms with E-state index in [-0.39, 0.29) is 16.6 Å². The first-order valence-corrected chi connectivity index (χ1v) is 8.33. The Hall–Kier alpha value is -1.41. The van der Waals surface area contributed by atoms with Gasteiger partial charge in [-0.25, -0.2) is 5.10 Å². The third-order valence-corrected chi connectivity index (χ3v) is 4.99. The van der Waals surface area contributed by atoms with Gasteiger partial charge in [-0.2, -0.15) is 5.10 Å². The Morgan fingerprint density at radius 3 is 3.05 bits per heavy atom. The van der Waals surface area contributed by atoms with Crippen LogP contribution in [0.3, 0.4) is 0 Å². The number of hydrogen-bond donors (Lipinski definition) is 2. The smallest absolute Gasteiger partial charge is 0.285 e. The highest BCUT2D eigenvalue weighted by molar-refractivity contribution is 7.10. The fraction of sp³-hybridized carbons (Fsp3) is 0.429. The molecule has 3 heterocycles. The number of nitrogens with zero attached hydrogens (tertiary/aromatic N) is 2. The van der Waals surface area contributed by atoms with Gasteiger partial charge in [-0.05, 0) is 11.4 Å².